The molecule has 0 saturated carbocycles. The van der Waals surface area contributed by atoms with Gasteiger partial charge in [-0.2, -0.15) is 0 Å². The number of hydrogen-bond acceptors (Lipinski definition) is 35. The topological polar surface area (TPSA) is 581 Å². The zero-order valence-electron chi connectivity index (χ0n) is 47.4. The minimum Gasteiger partial charge on any atom is -0.394 e. The van der Waals surface area contributed by atoms with Crippen LogP contribution in [-0.2, 0) is 80.7 Å². The van der Waals surface area contributed by atoms with E-state index in [1.54, 1.807) is 0 Å². The number of methoxy groups -OCH3 is 1. The van der Waals surface area contributed by atoms with Crippen LogP contribution in [0.1, 0.15) is 27.7 Å². The third kappa shape index (κ3) is 16.0. The van der Waals surface area contributed by atoms with Gasteiger partial charge in [0, 0.05) is 27.9 Å². The molecule has 504 valence electrons. The van der Waals surface area contributed by atoms with E-state index in [-0.39, 0.29) is 0 Å². The molecule has 38 heteroatoms. The van der Waals surface area contributed by atoms with E-state index >= 15 is 0 Å². The number of aliphatic hydroxyl groups excluding tert-OH is 18. The molecule has 0 radical (unpaired) electrons. The largest absolute Gasteiger partial charge is 0.394 e. The highest BCUT2D eigenvalue weighted by molar-refractivity contribution is 5.74. The number of nitrogens with one attached hydrogen (secondary N) is 3. The van der Waals surface area contributed by atoms with Gasteiger partial charge in [-0.1, -0.05) is 0 Å². The van der Waals surface area contributed by atoms with E-state index in [2.05, 4.69) is 16.0 Å². The maximum atomic E-state index is 12.7. The highest BCUT2D eigenvalue weighted by atomic mass is 16.8. The van der Waals surface area contributed by atoms with Crippen molar-refractivity contribution in [3.8, 4) is 0 Å². The maximum Gasteiger partial charge on any atom is 0.217 e. The second kappa shape index (κ2) is 31.2. The quantitative estimate of drug-likeness (QED) is 0.0479. The standard InChI is InChI=1S/C49H83N3O35/c1-12-25(60)32(67)35(70)46(77-12)75-11-21-40(29(64)22(43(73)78-21)50-13(2)57)84-44-23(51-14(3)58)30(65)38(18(8-55)81-44)85-47-36(71)33(68)27(62)20(83-47)10-76-49-42(34(69)26(61)16(6-53)80-49)87-45-24(52-15(4)59)31(66)39(19(9-56)82-45)86-48-37(72)41(74-5)28(63)17(7-54)79-48/h12,16-49,53-56,60-73H,6-11H2,1-5H3,(H,50,57)(H,51,58)(H,52,59)/t12-,16+,17+,18+,19+,20+,21+,22+,23+,24+,25+,26+,27+,28-,29+,30+,31+,32+,33-,34-,35-,36-,37+,38+,39+,40+,41-,42-,43+,44-,45-,46-,47-,48-,49+/m0/s1. The van der Waals surface area contributed by atoms with Crippen LogP contribution < -0.4 is 16.0 Å². The van der Waals surface area contributed by atoms with E-state index in [0.29, 0.717) is 0 Å². The minimum absolute atomic E-state index is 0.735. The molecule has 7 aliphatic heterocycles. The summed E-state index contributed by atoms with van der Waals surface area (Å²) in [5, 5.41) is 203. The molecule has 3 amide bonds. The fraction of sp³-hybridized carbons (Fsp3) is 0.939. The summed E-state index contributed by atoms with van der Waals surface area (Å²) in [4.78, 5) is 37.5. The van der Waals surface area contributed by atoms with Crippen LogP contribution in [0.2, 0.25) is 0 Å². The van der Waals surface area contributed by atoms with Gasteiger partial charge in [0.15, 0.2) is 44.0 Å². The molecule has 87 heavy (non-hydrogen) atoms. The molecule has 0 aliphatic carbocycles. The Bertz CT molecular complexity index is 2190. The van der Waals surface area contributed by atoms with Crippen LogP contribution in [0.4, 0.5) is 0 Å². The molecule has 7 heterocycles. The highest BCUT2D eigenvalue weighted by Crippen LogP contribution is 2.37. The number of carbonyl (C=O) groups is 3. The van der Waals surface area contributed by atoms with E-state index in [1.165, 1.54) is 6.92 Å². The summed E-state index contributed by atoms with van der Waals surface area (Å²) < 4.78 is 80.9. The average molecular weight is 1270 g/mol. The first-order valence-corrected chi connectivity index (χ1v) is 27.8. The zero-order chi connectivity index (χ0) is 64.2. The Morgan fingerprint density at radius 1 is 0.345 bits per heavy atom. The lowest BCUT2D eigenvalue weighted by Crippen LogP contribution is -2.70. The van der Waals surface area contributed by atoms with Crippen LogP contribution in [-0.4, -0.2) is 371 Å². The van der Waals surface area contributed by atoms with Gasteiger partial charge in [0.05, 0.1) is 45.7 Å². The van der Waals surface area contributed by atoms with Gasteiger partial charge in [-0.15, -0.1) is 0 Å². The first kappa shape index (κ1) is 71.6. The Kier molecular flexibility index (Phi) is 25.6. The Morgan fingerprint density at radius 3 is 1.24 bits per heavy atom. The summed E-state index contributed by atoms with van der Waals surface area (Å²) in [6.45, 7) is -1.03. The fourth-order valence-corrected chi connectivity index (χ4v) is 11.2. The molecule has 38 nitrogen and oxygen atoms in total. The van der Waals surface area contributed by atoms with Crippen LogP contribution in [0.3, 0.4) is 0 Å². The van der Waals surface area contributed by atoms with Gasteiger partial charge in [-0.05, 0) is 6.92 Å². The molecule has 7 rings (SSSR count). The van der Waals surface area contributed by atoms with Gasteiger partial charge in [-0.3, -0.25) is 14.4 Å². The van der Waals surface area contributed by atoms with Crippen molar-refractivity contribution in [2.24, 2.45) is 0 Å². The second-order valence-corrected chi connectivity index (χ2v) is 22.0. The van der Waals surface area contributed by atoms with Crippen molar-refractivity contribution >= 4 is 17.7 Å². The summed E-state index contributed by atoms with van der Waals surface area (Å²) in [6.07, 6.45) is -58.0. The van der Waals surface area contributed by atoms with Crippen molar-refractivity contribution in [3.63, 3.8) is 0 Å². The SMILES string of the molecule is CO[C@H]1[C@@H](O)[C@@H](CO)O[C@@H](O[C@H]2[C@H](O)[C@@H](NC(C)=O)[C@H](O[C@@H]3[C@H](OC[C@H]4O[C@@H](O[C@H]5[C@H](O)[C@@H](NC(C)=O)[C@H](O[C@H]6[C@H](O)[C@@H](NC(C)=O)[C@H](O)O[C@@H]6CO[C@H]6O[C@@H](C)[C@@H](O)[C@@H](O)[C@@H]6O)O[C@@H]5CO)[C@@H](O)[C@@H](O)[C@@H]4O)O[C@H](CO)[C@@H](O)[C@@H]3O)O[C@@H]2CO)[C@@H]1O. The highest BCUT2D eigenvalue weighted by Gasteiger charge is 2.58. The van der Waals surface area contributed by atoms with Crippen molar-refractivity contribution < 1.29 is 173 Å². The lowest BCUT2D eigenvalue weighted by atomic mass is 9.94. The smallest absolute Gasteiger partial charge is 0.217 e. The lowest BCUT2D eigenvalue weighted by molar-refractivity contribution is -0.380. The normalized spacial score (nSPS) is 48.9. The predicted molar refractivity (Wildman–Crippen MR) is 270 cm³/mol. The summed E-state index contributed by atoms with van der Waals surface area (Å²) in [6, 6.07) is -5.14. The predicted octanol–water partition coefficient (Wildman–Crippen LogP) is -14.2. The molecule has 35 atom stereocenters. The van der Waals surface area contributed by atoms with Gasteiger partial charge < -0.3 is 174 Å². The third-order valence-electron chi connectivity index (χ3n) is 15.9. The third-order valence-corrected chi connectivity index (χ3v) is 15.9. The number of carbonyl (C=O) groups excluding carboxylic acids is 3. The van der Waals surface area contributed by atoms with Crippen molar-refractivity contribution in [1.29, 1.82) is 0 Å². The monoisotopic (exact) mass is 1270 g/mol. The van der Waals surface area contributed by atoms with Crippen LogP contribution in [0.5, 0.6) is 0 Å². The minimum atomic E-state index is -2.20. The van der Waals surface area contributed by atoms with E-state index < -0.39 is 272 Å². The maximum absolute atomic E-state index is 12.7. The lowest BCUT2D eigenvalue weighted by Gasteiger charge is -2.50. The molecular weight excluding hydrogens is 1190 g/mol. The van der Waals surface area contributed by atoms with Crippen LogP contribution in [0.15, 0.2) is 0 Å². The molecule has 7 saturated heterocycles. The number of amides is 3. The van der Waals surface area contributed by atoms with Crippen molar-refractivity contribution in [3.05, 3.63) is 0 Å². The Labute approximate surface area is 494 Å². The van der Waals surface area contributed by atoms with Crippen molar-refractivity contribution in [2.45, 2.75) is 242 Å². The molecule has 0 unspecified atom stereocenters. The van der Waals surface area contributed by atoms with Crippen molar-refractivity contribution in [2.75, 3.05) is 46.8 Å². The van der Waals surface area contributed by atoms with Gasteiger partial charge in [0.2, 0.25) is 17.7 Å². The van der Waals surface area contributed by atoms with E-state index in [0.717, 1.165) is 27.9 Å². The number of aliphatic hydroxyl groups is 18. The van der Waals surface area contributed by atoms with Crippen LogP contribution in [0.25, 0.3) is 0 Å². The molecule has 21 N–H and O–H groups in total. The molecule has 0 aromatic rings. The Hall–Kier alpha value is -2.87. The first-order valence-electron chi connectivity index (χ1n) is 27.8. The average Bonchev–Trinajstić information content (AvgIpc) is 1.38. The summed E-state index contributed by atoms with van der Waals surface area (Å²) in [5.74, 6) is -2.43. The molecule has 0 bridgehead atoms. The molecule has 0 aromatic carbocycles. The van der Waals surface area contributed by atoms with Crippen LogP contribution in [0, 0.1) is 0 Å². The first-order chi connectivity index (χ1) is 41.1. The van der Waals surface area contributed by atoms with Gasteiger partial charge >= 0.3 is 0 Å². The Balaban J connectivity index is 1.07. The number of ether oxygens (including phenoxy) is 14. The fourth-order valence-electron chi connectivity index (χ4n) is 11.2. The van der Waals surface area contributed by atoms with Gasteiger partial charge in [0.1, 0.15) is 165 Å². The Morgan fingerprint density at radius 2 is 0.724 bits per heavy atom. The summed E-state index contributed by atoms with van der Waals surface area (Å²) in [5.41, 5.74) is 0. The van der Waals surface area contributed by atoms with E-state index in [1.807, 2.05) is 0 Å². The molecule has 0 spiro atoms. The second-order valence-electron chi connectivity index (χ2n) is 22.0. The van der Waals surface area contributed by atoms with Crippen molar-refractivity contribution in [1.82, 2.24) is 16.0 Å². The molecule has 7 fully saturated rings. The van der Waals surface area contributed by atoms with E-state index in [9.17, 15) is 106 Å². The van der Waals surface area contributed by atoms with Crippen LogP contribution >= 0.6 is 0 Å². The molecular formula is C49H83N3O35. The number of hydrogen-bond donors (Lipinski definition) is 21. The summed E-state index contributed by atoms with van der Waals surface area (Å²) in [7, 11) is 1.14. The van der Waals surface area contributed by atoms with Gasteiger partial charge in [-0.25, -0.2) is 0 Å². The zero-order valence-corrected chi connectivity index (χ0v) is 47.4. The summed E-state index contributed by atoms with van der Waals surface area (Å²) >= 11 is 0. The van der Waals surface area contributed by atoms with E-state index in [4.69, 9.17) is 66.3 Å². The molecule has 7 aliphatic rings. The molecule has 0 aromatic heterocycles. The van der Waals surface area contributed by atoms with Gasteiger partial charge in [0.25, 0.3) is 0 Å². The number of rotatable bonds is 22.